The molecule has 5 rings (SSSR count). The number of nitrogens with two attached hydrogens (primary N) is 2. The van der Waals surface area contributed by atoms with Gasteiger partial charge in [-0.3, -0.25) is 4.79 Å². The van der Waals surface area contributed by atoms with E-state index < -0.39 is 11.9 Å². The molecule has 8 nitrogen and oxygen atoms in total. The number of rotatable bonds is 13. The van der Waals surface area contributed by atoms with Crippen LogP contribution in [0.25, 0.3) is 21.5 Å². The van der Waals surface area contributed by atoms with Gasteiger partial charge >= 0.3 is 5.97 Å². The molecule has 0 aromatic heterocycles. The zero-order valence-corrected chi connectivity index (χ0v) is 28.5. The maximum Gasteiger partial charge on any atom is 0.347 e. The fourth-order valence-corrected chi connectivity index (χ4v) is 6.07. The molecule has 0 atom stereocenters. The van der Waals surface area contributed by atoms with Gasteiger partial charge in [-0.2, -0.15) is 0 Å². The summed E-state index contributed by atoms with van der Waals surface area (Å²) in [4.78, 5) is 27.6. The topological polar surface area (TPSA) is 126 Å². The largest absolute Gasteiger partial charge is 0.492 e. The van der Waals surface area contributed by atoms with Gasteiger partial charge in [-0.05, 0) is 81.7 Å². The van der Waals surface area contributed by atoms with E-state index in [0.717, 1.165) is 28.0 Å². The number of ether oxygens (including phenoxy) is 3. The molecule has 5 aromatic rings. The van der Waals surface area contributed by atoms with Crippen LogP contribution in [-0.2, 0) is 0 Å². The van der Waals surface area contributed by atoms with E-state index in [1.807, 2.05) is 60.7 Å². The highest BCUT2D eigenvalue weighted by atomic mass is 35.5. The van der Waals surface area contributed by atoms with E-state index in [-0.39, 0.29) is 41.0 Å². The van der Waals surface area contributed by atoms with E-state index >= 15 is 0 Å². The fourth-order valence-electron chi connectivity index (χ4n) is 5.90. The molecular formula is C39H42ClN3O5. The smallest absolute Gasteiger partial charge is 0.347 e. The number of esters is 1. The number of carbonyl (C=O) groups is 2. The first-order valence-corrected chi connectivity index (χ1v) is 16.3. The molecule has 0 aliphatic heterocycles. The summed E-state index contributed by atoms with van der Waals surface area (Å²) in [5.74, 6) is -0.256. The van der Waals surface area contributed by atoms with Crippen molar-refractivity contribution in [2.45, 2.75) is 34.1 Å². The number of anilines is 1. The molecule has 0 spiro atoms. The van der Waals surface area contributed by atoms with Crippen LogP contribution < -0.4 is 31.0 Å². The molecule has 0 unspecified atom stereocenters. The Bertz CT molecular complexity index is 1960. The van der Waals surface area contributed by atoms with Crippen molar-refractivity contribution in [1.29, 1.82) is 0 Å². The van der Waals surface area contributed by atoms with Crippen molar-refractivity contribution in [3.63, 3.8) is 0 Å². The molecule has 5 aromatic carbocycles. The molecule has 0 fully saturated rings. The molecule has 0 saturated heterocycles. The maximum absolute atomic E-state index is 13.9. The molecule has 250 valence electrons. The molecule has 9 heteroatoms. The van der Waals surface area contributed by atoms with E-state index in [1.165, 1.54) is 6.07 Å². The standard InChI is InChI=1S/C39H42ClN3O5/c1-38(2,23-42)22-39(3,4)24-47-34-20-28-12-8-6-10-26(28)18-31(34)37(45)48-35-21-29(40)13-14-32(35)43-36(44)30-17-25-9-5-7-11-27(25)19-33(30)46-16-15-41/h5-14,17-21H,15-16,22-24,41-42H2,1-4H3,(H,43,44). The maximum atomic E-state index is 13.9. The zero-order chi connectivity index (χ0) is 34.5. The highest BCUT2D eigenvalue weighted by Gasteiger charge is 2.29. The summed E-state index contributed by atoms with van der Waals surface area (Å²) in [6, 6.07) is 27.2. The first-order valence-electron chi connectivity index (χ1n) is 15.9. The van der Waals surface area contributed by atoms with Crippen LogP contribution in [0.15, 0.2) is 91.0 Å². The van der Waals surface area contributed by atoms with Gasteiger partial charge in [0.25, 0.3) is 5.91 Å². The molecule has 0 radical (unpaired) electrons. The van der Waals surface area contributed by atoms with E-state index in [1.54, 1.807) is 24.3 Å². The summed E-state index contributed by atoms with van der Waals surface area (Å²) in [5.41, 5.74) is 12.2. The van der Waals surface area contributed by atoms with Crippen LogP contribution in [0.4, 0.5) is 5.69 Å². The van der Waals surface area contributed by atoms with Crippen LogP contribution >= 0.6 is 11.6 Å². The minimum atomic E-state index is -0.661. The Balaban J connectivity index is 1.44. The van der Waals surface area contributed by atoms with Crippen molar-refractivity contribution in [3.05, 3.63) is 107 Å². The number of halogens is 1. The Morgan fingerprint density at radius 2 is 1.27 bits per heavy atom. The first kappa shape index (κ1) is 34.7. The fraction of sp³-hybridized carbons (Fsp3) is 0.282. The minimum Gasteiger partial charge on any atom is -0.492 e. The lowest BCUT2D eigenvalue weighted by molar-refractivity contribution is 0.0722. The predicted molar refractivity (Wildman–Crippen MR) is 194 cm³/mol. The SMILES string of the molecule is CC(C)(CN)CC(C)(C)COc1cc2ccccc2cc1C(=O)Oc1cc(Cl)ccc1NC(=O)c1cc2ccccc2cc1OCCN. The predicted octanol–water partition coefficient (Wildman–Crippen LogP) is 8.24. The second-order valence-electron chi connectivity index (χ2n) is 13.5. The van der Waals surface area contributed by atoms with Crippen LogP contribution in [0, 0.1) is 10.8 Å². The van der Waals surface area contributed by atoms with Gasteiger partial charge in [0, 0.05) is 17.6 Å². The van der Waals surface area contributed by atoms with Gasteiger partial charge in [-0.1, -0.05) is 87.8 Å². The van der Waals surface area contributed by atoms with Gasteiger partial charge in [0.2, 0.25) is 0 Å². The number of fused-ring (bicyclic) bond motifs is 2. The van der Waals surface area contributed by atoms with Crippen molar-refractivity contribution >= 4 is 50.7 Å². The molecule has 0 saturated carbocycles. The van der Waals surface area contributed by atoms with Gasteiger partial charge in [-0.15, -0.1) is 0 Å². The summed E-state index contributed by atoms with van der Waals surface area (Å²) in [6.07, 6.45) is 0.825. The Labute approximate surface area is 286 Å². The van der Waals surface area contributed by atoms with E-state index in [9.17, 15) is 9.59 Å². The van der Waals surface area contributed by atoms with E-state index in [4.69, 9.17) is 37.3 Å². The molecule has 0 aliphatic carbocycles. The average molecular weight is 668 g/mol. The molecule has 0 aliphatic rings. The highest BCUT2D eigenvalue weighted by molar-refractivity contribution is 6.31. The Kier molecular flexibility index (Phi) is 10.6. The van der Waals surface area contributed by atoms with E-state index in [0.29, 0.717) is 35.2 Å². The Morgan fingerprint density at radius 1 is 0.708 bits per heavy atom. The van der Waals surface area contributed by atoms with Crippen molar-refractivity contribution in [2.75, 3.05) is 31.6 Å². The lowest BCUT2D eigenvalue weighted by atomic mass is 9.75. The highest BCUT2D eigenvalue weighted by Crippen LogP contribution is 2.36. The number of hydrogen-bond donors (Lipinski definition) is 3. The van der Waals surface area contributed by atoms with Gasteiger partial charge in [-0.25, -0.2) is 4.79 Å². The average Bonchev–Trinajstić information content (AvgIpc) is 3.06. The zero-order valence-electron chi connectivity index (χ0n) is 27.8. The molecule has 5 N–H and O–H groups in total. The Morgan fingerprint density at radius 3 is 1.85 bits per heavy atom. The molecular weight excluding hydrogens is 626 g/mol. The number of carbonyl (C=O) groups excluding carboxylic acids is 2. The lowest BCUT2D eigenvalue weighted by Crippen LogP contribution is -2.33. The monoisotopic (exact) mass is 667 g/mol. The summed E-state index contributed by atoms with van der Waals surface area (Å²) in [7, 11) is 0. The molecule has 1 amide bonds. The summed E-state index contributed by atoms with van der Waals surface area (Å²) < 4.78 is 18.1. The van der Waals surface area contributed by atoms with Crippen LogP contribution in [0.2, 0.25) is 5.02 Å². The lowest BCUT2D eigenvalue weighted by Gasteiger charge is -2.34. The number of nitrogens with one attached hydrogen (secondary N) is 1. The third-order valence-corrected chi connectivity index (χ3v) is 8.29. The van der Waals surface area contributed by atoms with Gasteiger partial charge in [0.1, 0.15) is 23.7 Å². The van der Waals surface area contributed by atoms with Crippen molar-refractivity contribution in [3.8, 4) is 17.2 Å². The third kappa shape index (κ3) is 8.44. The number of benzene rings is 5. The third-order valence-electron chi connectivity index (χ3n) is 8.06. The molecule has 0 bridgehead atoms. The van der Waals surface area contributed by atoms with Crippen LogP contribution in [0.3, 0.4) is 0 Å². The second kappa shape index (κ2) is 14.6. The van der Waals surface area contributed by atoms with Crippen molar-refractivity contribution < 1.29 is 23.8 Å². The van der Waals surface area contributed by atoms with Crippen LogP contribution in [0.5, 0.6) is 17.2 Å². The quantitative estimate of drug-likeness (QED) is 0.0853. The van der Waals surface area contributed by atoms with Gasteiger partial charge < -0.3 is 31.0 Å². The second-order valence-corrected chi connectivity index (χ2v) is 13.9. The number of amides is 1. The normalized spacial score (nSPS) is 11.8. The van der Waals surface area contributed by atoms with Gasteiger partial charge in [0.05, 0.1) is 17.9 Å². The minimum absolute atomic E-state index is 0.0738. The van der Waals surface area contributed by atoms with Crippen LogP contribution in [-0.4, -0.2) is 38.2 Å². The molecule has 48 heavy (non-hydrogen) atoms. The van der Waals surface area contributed by atoms with E-state index in [2.05, 4.69) is 33.0 Å². The van der Waals surface area contributed by atoms with Gasteiger partial charge in [0.15, 0.2) is 5.75 Å². The first-order chi connectivity index (χ1) is 22.9. The Hall–Kier alpha value is -4.63. The van der Waals surface area contributed by atoms with Crippen molar-refractivity contribution in [2.24, 2.45) is 22.3 Å². The van der Waals surface area contributed by atoms with Crippen molar-refractivity contribution in [1.82, 2.24) is 0 Å². The summed E-state index contributed by atoms with van der Waals surface area (Å²) in [6.45, 7) is 9.92. The number of hydrogen-bond acceptors (Lipinski definition) is 7. The van der Waals surface area contributed by atoms with Crippen LogP contribution in [0.1, 0.15) is 54.8 Å². The summed E-state index contributed by atoms with van der Waals surface area (Å²) >= 11 is 6.35. The molecule has 0 heterocycles. The summed E-state index contributed by atoms with van der Waals surface area (Å²) in [5, 5.41) is 6.76.